The molecular formula is C15H26N2O4. The van der Waals surface area contributed by atoms with Crippen LogP contribution in [0.15, 0.2) is 0 Å². The van der Waals surface area contributed by atoms with Gasteiger partial charge in [-0.1, -0.05) is 0 Å². The summed E-state index contributed by atoms with van der Waals surface area (Å²) in [7, 11) is 0. The fourth-order valence-electron chi connectivity index (χ4n) is 3.39. The number of likely N-dealkylation sites (tertiary alicyclic amines) is 1. The first-order chi connectivity index (χ1) is 9.71. The van der Waals surface area contributed by atoms with E-state index in [2.05, 4.69) is 13.8 Å². The van der Waals surface area contributed by atoms with Crippen LogP contribution in [0.1, 0.15) is 40.5 Å². The average Bonchev–Trinajstić information content (AvgIpc) is 2.67. The van der Waals surface area contributed by atoms with Crippen molar-refractivity contribution in [1.29, 1.82) is 0 Å². The topological polar surface area (TPSA) is 70.1 Å². The van der Waals surface area contributed by atoms with E-state index in [-0.39, 0.29) is 31.1 Å². The summed E-state index contributed by atoms with van der Waals surface area (Å²) < 4.78 is 5.57. The van der Waals surface area contributed by atoms with Gasteiger partial charge in [0.1, 0.15) is 6.04 Å². The van der Waals surface area contributed by atoms with Crippen LogP contribution in [0.4, 0.5) is 0 Å². The van der Waals surface area contributed by atoms with Crippen LogP contribution in [0.25, 0.3) is 0 Å². The molecule has 6 heteroatoms. The summed E-state index contributed by atoms with van der Waals surface area (Å²) in [5.74, 6) is -0.905. The number of rotatable bonds is 3. The Bertz CT molecular complexity index is 414. The number of nitrogens with zero attached hydrogens (tertiary/aromatic N) is 2. The maximum atomic E-state index is 12.6. The number of aliphatic carboxylic acids is 1. The smallest absolute Gasteiger partial charge is 0.323 e. The second-order valence-corrected chi connectivity index (χ2v) is 6.91. The zero-order chi connectivity index (χ0) is 15.8. The van der Waals surface area contributed by atoms with Crippen LogP contribution in [0.2, 0.25) is 0 Å². The van der Waals surface area contributed by atoms with E-state index >= 15 is 0 Å². The van der Waals surface area contributed by atoms with Crippen LogP contribution >= 0.6 is 0 Å². The molecule has 2 heterocycles. The van der Waals surface area contributed by atoms with E-state index < -0.39 is 17.6 Å². The van der Waals surface area contributed by atoms with Gasteiger partial charge in [0.2, 0.25) is 5.91 Å². The van der Waals surface area contributed by atoms with Gasteiger partial charge in [0.05, 0.1) is 18.8 Å². The van der Waals surface area contributed by atoms with Gasteiger partial charge < -0.3 is 14.7 Å². The largest absolute Gasteiger partial charge is 0.480 e. The Kier molecular flexibility index (Phi) is 4.58. The number of carbonyl (C=O) groups excluding carboxylic acids is 1. The Morgan fingerprint density at radius 1 is 1.24 bits per heavy atom. The number of hydrogen-bond donors (Lipinski definition) is 1. The van der Waals surface area contributed by atoms with Crippen molar-refractivity contribution >= 4 is 11.9 Å². The third kappa shape index (κ3) is 3.55. The van der Waals surface area contributed by atoms with Gasteiger partial charge in [-0.15, -0.1) is 0 Å². The first-order valence-electron chi connectivity index (χ1n) is 7.63. The van der Waals surface area contributed by atoms with Crippen molar-refractivity contribution < 1.29 is 19.4 Å². The zero-order valence-electron chi connectivity index (χ0n) is 13.3. The quantitative estimate of drug-likeness (QED) is 0.840. The van der Waals surface area contributed by atoms with Crippen LogP contribution in [-0.2, 0) is 14.3 Å². The molecule has 0 aromatic rings. The highest BCUT2D eigenvalue weighted by Gasteiger charge is 2.40. The first-order valence-corrected chi connectivity index (χ1v) is 7.63. The van der Waals surface area contributed by atoms with Crippen LogP contribution in [-0.4, -0.2) is 70.2 Å². The maximum Gasteiger partial charge on any atom is 0.323 e. The van der Waals surface area contributed by atoms with Gasteiger partial charge in [-0.2, -0.15) is 0 Å². The molecule has 2 aliphatic rings. The third-order valence-corrected chi connectivity index (χ3v) is 4.52. The molecule has 6 nitrogen and oxygen atoms in total. The monoisotopic (exact) mass is 298 g/mol. The van der Waals surface area contributed by atoms with E-state index in [1.807, 2.05) is 18.7 Å². The summed E-state index contributed by atoms with van der Waals surface area (Å²) in [5.41, 5.74) is -0.422. The molecule has 0 aromatic heterocycles. The number of hydrogen-bond acceptors (Lipinski definition) is 4. The summed E-state index contributed by atoms with van der Waals surface area (Å²) in [6.07, 6.45) is 2.04. The molecule has 1 N–H and O–H groups in total. The van der Waals surface area contributed by atoms with E-state index in [1.54, 1.807) is 4.90 Å². The van der Waals surface area contributed by atoms with Crippen LogP contribution in [0.5, 0.6) is 0 Å². The van der Waals surface area contributed by atoms with Gasteiger partial charge in [0.25, 0.3) is 0 Å². The lowest BCUT2D eigenvalue weighted by Crippen LogP contribution is -2.59. The number of morpholine rings is 1. The van der Waals surface area contributed by atoms with Crippen molar-refractivity contribution in [3.8, 4) is 0 Å². The minimum Gasteiger partial charge on any atom is -0.480 e. The van der Waals surface area contributed by atoms with Gasteiger partial charge >= 0.3 is 5.97 Å². The first kappa shape index (κ1) is 16.2. The predicted molar refractivity (Wildman–Crippen MR) is 78.0 cm³/mol. The summed E-state index contributed by atoms with van der Waals surface area (Å²) in [6.45, 7) is 8.68. The highest BCUT2D eigenvalue weighted by molar-refractivity contribution is 5.81. The number of carbonyl (C=O) groups is 2. The van der Waals surface area contributed by atoms with E-state index in [4.69, 9.17) is 4.74 Å². The van der Waals surface area contributed by atoms with E-state index in [1.165, 1.54) is 0 Å². The van der Waals surface area contributed by atoms with E-state index in [9.17, 15) is 14.7 Å². The molecule has 3 atom stereocenters. The van der Waals surface area contributed by atoms with Crippen LogP contribution in [0, 0.1) is 0 Å². The molecule has 2 rings (SSSR count). The van der Waals surface area contributed by atoms with Crippen molar-refractivity contribution in [3.05, 3.63) is 0 Å². The van der Waals surface area contributed by atoms with E-state index in [0.717, 1.165) is 12.8 Å². The van der Waals surface area contributed by atoms with Crippen molar-refractivity contribution in [2.45, 2.75) is 64.3 Å². The Morgan fingerprint density at radius 3 is 2.33 bits per heavy atom. The summed E-state index contributed by atoms with van der Waals surface area (Å²) >= 11 is 0. The summed E-state index contributed by atoms with van der Waals surface area (Å²) in [5, 5.41) is 9.31. The molecule has 1 amide bonds. The third-order valence-electron chi connectivity index (χ3n) is 4.52. The highest BCUT2D eigenvalue weighted by Crippen LogP contribution is 2.25. The minimum absolute atomic E-state index is 0.0245. The van der Waals surface area contributed by atoms with Gasteiger partial charge in [-0.05, 0) is 40.5 Å². The van der Waals surface area contributed by atoms with E-state index in [0.29, 0.717) is 6.54 Å². The molecule has 1 unspecified atom stereocenters. The average molecular weight is 298 g/mol. The molecule has 2 saturated heterocycles. The lowest BCUT2D eigenvalue weighted by Gasteiger charge is -2.42. The Labute approximate surface area is 126 Å². The fourth-order valence-corrected chi connectivity index (χ4v) is 3.39. The highest BCUT2D eigenvalue weighted by atomic mass is 16.5. The second-order valence-electron chi connectivity index (χ2n) is 6.91. The van der Waals surface area contributed by atoms with Crippen molar-refractivity contribution in [1.82, 2.24) is 9.80 Å². The molecule has 21 heavy (non-hydrogen) atoms. The van der Waals surface area contributed by atoms with Crippen molar-refractivity contribution in [2.75, 3.05) is 19.7 Å². The van der Waals surface area contributed by atoms with Gasteiger partial charge in [0, 0.05) is 18.6 Å². The SMILES string of the molecule is C[C@@H]1CC[C@@H](C)N1C(=O)CN1CC(C)(C)OCC1C(=O)O. The summed E-state index contributed by atoms with van der Waals surface area (Å²) in [6, 6.07) is -0.259. The minimum atomic E-state index is -0.930. The molecule has 0 bridgehead atoms. The predicted octanol–water partition coefficient (Wildman–Crippen LogP) is 0.950. The number of carboxylic acids is 1. The maximum absolute atomic E-state index is 12.6. The lowest BCUT2D eigenvalue weighted by molar-refractivity contribution is -0.165. The van der Waals surface area contributed by atoms with Gasteiger partial charge in [-0.25, -0.2) is 0 Å². The Morgan fingerprint density at radius 2 is 1.81 bits per heavy atom. The molecular weight excluding hydrogens is 272 g/mol. The molecule has 2 aliphatic heterocycles. The standard InChI is InChI=1S/C15H26N2O4/c1-10-5-6-11(2)17(10)13(18)7-16-9-15(3,4)21-8-12(16)14(19)20/h10-12H,5-9H2,1-4H3,(H,19,20)/t10-,11-,12?/m1/s1. The molecule has 120 valence electrons. The summed E-state index contributed by atoms with van der Waals surface area (Å²) in [4.78, 5) is 27.6. The number of amides is 1. The Balaban J connectivity index is 2.07. The van der Waals surface area contributed by atoms with Gasteiger partial charge in [-0.3, -0.25) is 14.5 Å². The second kappa shape index (κ2) is 5.93. The van der Waals surface area contributed by atoms with Gasteiger partial charge in [0.15, 0.2) is 0 Å². The molecule has 2 fully saturated rings. The molecule has 0 radical (unpaired) electrons. The van der Waals surface area contributed by atoms with Crippen molar-refractivity contribution in [2.24, 2.45) is 0 Å². The lowest BCUT2D eigenvalue weighted by atomic mass is 10.0. The zero-order valence-corrected chi connectivity index (χ0v) is 13.3. The molecule has 0 aromatic carbocycles. The Hall–Kier alpha value is -1.14. The molecule has 0 aliphatic carbocycles. The number of ether oxygens (including phenoxy) is 1. The fraction of sp³-hybridized carbons (Fsp3) is 0.867. The normalized spacial score (nSPS) is 33.1. The van der Waals surface area contributed by atoms with Crippen molar-refractivity contribution in [3.63, 3.8) is 0 Å². The van der Waals surface area contributed by atoms with Crippen LogP contribution < -0.4 is 0 Å². The number of carboxylic acid groups (broad SMARTS) is 1. The molecule has 0 spiro atoms. The van der Waals surface area contributed by atoms with Crippen LogP contribution in [0.3, 0.4) is 0 Å². The molecule has 0 saturated carbocycles.